The van der Waals surface area contributed by atoms with Gasteiger partial charge in [-0.25, -0.2) is 0 Å². The largest absolute Gasteiger partial charge is 0.522 e. The third-order valence-electron chi connectivity index (χ3n) is 2.49. The predicted molar refractivity (Wildman–Crippen MR) is 71.3 cm³/mol. The van der Waals surface area contributed by atoms with E-state index in [1.54, 1.807) is 0 Å². The zero-order valence-corrected chi connectivity index (χ0v) is 13.4. The highest BCUT2D eigenvalue weighted by molar-refractivity contribution is 6.60. The van der Waals surface area contributed by atoms with Crippen LogP contribution >= 0.6 is 0 Å². The molecule has 0 spiro atoms. The van der Waals surface area contributed by atoms with Gasteiger partial charge in [-0.05, 0) is 33.6 Å². The number of hydrogen-bond acceptors (Lipinski definition) is 4. The highest BCUT2D eigenvalue weighted by Gasteiger charge is 2.39. The van der Waals surface area contributed by atoms with Gasteiger partial charge in [-0.15, -0.1) is 13.2 Å². The van der Waals surface area contributed by atoms with E-state index in [4.69, 9.17) is 13.3 Å². The molecule has 8 heteroatoms. The van der Waals surface area contributed by atoms with Crippen LogP contribution in [0.5, 0.6) is 0 Å². The summed E-state index contributed by atoms with van der Waals surface area (Å²) >= 11 is 0. The molecule has 0 radical (unpaired) electrons. The van der Waals surface area contributed by atoms with Crippen molar-refractivity contribution in [3.8, 4) is 0 Å². The zero-order chi connectivity index (χ0) is 15.5. The highest BCUT2D eigenvalue weighted by atomic mass is 28.4. The first-order chi connectivity index (χ1) is 9.39. The van der Waals surface area contributed by atoms with Crippen molar-refractivity contribution >= 4 is 8.80 Å². The van der Waals surface area contributed by atoms with Crippen LogP contribution in [0.2, 0.25) is 6.04 Å². The highest BCUT2D eigenvalue weighted by Crippen LogP contribution is 2.21. The monoisotopic (exact) mass is 318 g/mol. The molecule has 0 aliphatic carbocycles. The summed E-state index contributed by atoms with van der Waals surface area (Å²) in [6.45, 7) is 6.82. The average molecular weight is 318 g/mol. The maximum atomic E-state index is 11.8. The first-order valence-corrected chi connectivity index (χ1v) is 8.94. The Morgan fingerprint density at radius 2 is 1.30 bits per heavy atom. The van der Waals surface area contributed by atoms with Crippen molar-refractivity contribution in [3.05, 3.63) is 0 Å². The van der Waals surface area contributed by atoms with Gasteiger partial charge in [0.25, 0.3) is 0 Å². The number of unbranched alkanes of at least 4 members (excludes halogenated alkanes) is 2. The molecular weight excluding hydrogens is 293 g/mol. The molecule has 0 atom stereocenters. The summed E-state index contributed by atoms with van der Waals surface area (Å²) in [5.41, 5.74) is 0. The molecular formula is C12H25F3O4Si. The summed E-state index contributed by atoms with van der Waals surface area (Å²) in [6, 6.07) is 0.620. The molecule has 0 aliphatic heterocycles. The molecule has 0 saturated heterocycles. The van der Waals surface area contributed by atoms with Crippen molar-refractivity contribution in [2.24, 2.45) is 0 Å². The Morgan fingerprint density at radius 3 is 1.70 bits per heavy atom. The van der Waals surface area contributed by atoms with E-state index in [1.807, 2.05) is 20.8 Å². The number of alkyl halides is 3. The molecule has 0 aromatic carbocycles. The standard InChI is InChI=1S/C12H25F3O4Si/c1-4-17-20(18-5-2,19-6-3)11-9-7-8-10-16-12(13,14)15/h4-11H2,1-3H3. The lowest BCUT2D eigenvalue weighted by molar-refractivity contribution is -0.324. The first kappa shape index (κ1) is 19.8. The van der Waals surface area contributed by atoms with Crippen LogP contribution in [0.1, 0.15) is 40.0 Å². The Labute approximate surface area is 119 Å². The van der Waals surface area contributed by atoms with E-state index in [0.29, 0.717) is 45.1 Å². The van der Waals surface area contributed by atoms with Gasteiger partial charge in [0, 0.05) is 25.9 Å². The summed E-state index contributed by atoms with van der Waals surface area (Å²) in [6.07, 6.45) is -2.86. The Bertz CT molecular complexity index is 222. The molecule has 4 nitrogen and oxygen atoms in total. The normalized spacial score (nSPS) is 12.9. The molecule has 122 valence electrons. The molecule has 0 fully saturated rings. The SMILES string of the molecule is CCO[Si](CCCCCOC(F)(F)F)(OCC)OCC. The Kier molecular flexibility index (Phi) is 10.5. The molecule has 20 heavy (non-hydrogen) atoms. The van der Waals surface area contributed by atoms with Crippen molar-refractivity contribution in [1.29, 1.82) is 0 Å². The van der Waals surface area contributed by atoms with E-state index in [1.165, 1.54) is 0 Å². The molecule has 0 aromatic heterocycles. The van der Waals surface area contributed by atoms with Crippen LogP contribution in [0.15, 0.2) is 0 Å². The van der Waals surface area contributed by atoms with Crippen LogP contribution in [0.3, 0.4) is 0 Å². The van der Waals surface area contributed by atoms with Gasteiger partial charge in [-0.1, -0.05) is 6.42 Å². The summed E-state index contributed by atoms with van der Waals surface area (Å²) in [4.78, 5) is 0. The minimum atomic E-state index is -4.54. The van der Waals surface area contributed by atoms with Gasteiger partial charge in [0.2, 0.25) is 0 Å². The predicted octanol–water partition coefficient (Wildman–Crippen LogP) is 3.74. The van der Waals surface area contributed by atoms with Gasteiger partial charge in [0.15, 0.2) is 0 Å². The lowest BCUT2D eigenvalue weighted by Crippen LogP contribution is -2.45. The molecule has 0 N–H and O–H groups in total. The summed E-state index contributed by atoms with van der Waals surface area (Å²) in [5.74, 6) is 0. The second-order valence-electron chi connectivity index (χ2n) is 4.09. The van der Waals surface area contributed by atoms with Gasteiger partial charge >= 0.3 is 15.2 Å². The van der Waals surface area contributed by atoms with E-state index >= 15 is 0 Å². The fraction of sp³-hybridized carbons (Fsp3) is 1.00. The smallest absolute Gasteiger partial charge is 0.374 e. The Hall–Kier alpha value is -0.153. The lowest BCUT2D eigenvalue weighted by Gasteiger charge is -2.28. The molecule has 0 saturated carbocycles. The van der Waals surface area contributed by atoms with Gasteiger partial charge in [0.1, 0.15) is 0 Å². The van der Waals surface area contributed by atoms with Crippen molar-refractivity contribution < 1.29 is 31.2 Å². The van der Waals surface area contributed by atoms with Crippen LogP contribution < -0.4 is 0 Å². The molecule has 0 amide bonds. The van der Waals surface area contributed by atoms with Crippen molar-refractivity contribution in [1.82, 2.24) is 0 Å². The fourth-order valence-electron chi connectivity index (χ4n) is 1.81. The van der Waals surface area contributed by atoms with E-state index in [2.05, 4.69) is 4.74 Å². The second-order valence-corrected chi connectivity index (χ2v) is 6.82. The molecule has 0 bridgehead atoms. The molecule has 0 heterocycles. The van der Waals surface area contributed by atoms with Crippen LogP contribution in [-0.2, 0) is 18.0 Å². The maximum absolute atomic E-state index is 11.8. The van der Waals surface area contributed by atoms with Crippen molar-refractivity contribution in [2.45, 2.75) is 52.4 Å². The number of rotatable bonds is 12. The van der Waals surface area contributed by atoms with Crippen molar-refractivity contribution in [2.75, 3.05) is 26.4 Å². The van der Waals surface area contributed by atoms with Crippen LogP contribution in [0.25, 0.3) is 0 Å². The maximum Gasteiger partial charge on any atom is 0.522 e. The number of ether oxygens (including phenoxy) is 1. The number of hydrogen-bond donors (Lipinski definition) is 0. The van der Waals surface area contributed by atoms with Gasteiger partial charge in [-0.3, -0.25) is 4.74 Å². The molecule has 0 aromatic rings. The van der Waals surface area contributed by atoms with E-state index < -0.39 is 15.2 Å². The minimum absolute atomic E-state index is 0.310. The molecule has 0 aliphatic rings. The lowest BCUT2D eigenvalue weighted by atomic mass is 10.3. The summed E-state index contributed by atoms with van der Waals surface area (Å²) in [7, 11) is -2.66. The van der Waals surface area contributed by atoms with Crippen molar-refractivity contribution in [3.63, 3.8) is 0 Å². The first-order valence-electron chi connectivity index (χ1n) is 7.01. The zero-order valence-electron chi connectivity index (χ0n) is 12.4. The second kappa shape index (κ2) is 10.6. The summed E-state index contributed by atoms with van der Waals surface area (Å²) < 4.78 is 56.0. The third-order valence-corrected chi connectivity index (χ3v) is 5.64. The van der Waals surface area contributed by atoms with Gasteiger partial charge in [-0.2, -0.15) is 0 Å². The topological polar surface area (TPSA) is 36.9 Å². The van der Waals surface area contributed by atoms with Crippen LogP contribution in [0.4, 0.5) is 13.2 Å². The molecule has 0 rings (SSSR count). The van der Waals surface area contributed by atoms with E-state index in [9.17, 15) is 13.2 Å². The third kappa shape index (κ3) is 9.70. The van der Waals surface area contributed by atoms with Crippen LogP contribution in [-0.4, -0.2) is 41.6 Å². The van der Waals surface area contributed by atoms with Gasteiger partial charge < -0.3 is 13.3 Å². The van der Waals surface area contributed by atoms with E-state index in [-0.39, 0.29) is 6.61 Å². The van der Waals surface area contributed by atoms with Crippen LogP contribution in [0, 0.1) is 0 Å². The minimum Gasteiger partial charge on any atom is -0.374 e. The fourth-order valence-corrected chi connectivity index (χ4v) is 4.49. The quantitative estimate of drug-likeness (QED) is 0.406. The average Bonchev–Trinajstić information content (AvgIpc) is 2.33. The van der Waals surface area contributed by atoms with Gasteiger partial charge in [0.05, 0.1) is 6.61 Å². The Balaban J connectivity index is 4.00. The number of halogens is 3. The van der Waals surface area contributed by atoms with E-state index in [0.717, 1.165) is 0 Å². The molecule has 0 unspecified atom stereocenters. The Morgan fingerprint density at radius 1 is 0.800 bits per heavy atom. The summed E-state index contributed by atoms with van der Waals surface area (Å²) in [5, 5.41) is 0.